The predicted octanol–water partition coefficient (Wildman–Crippen LogP) is 5.04. The van der Waals surface area contributed by atoms with Gasteiger partial charge in [0.05, 0.1) is 16.2 Å². The maximum absolute atomic E-state index is 13.1. The van der Waals surface area contributed by atoms with Gasteiger partial charge in [0.25, 0.3) is 5.69 Å². The molecule has 9 heteroatoms. The van der Waals surface area contributed by atoms with Crippen LogP contribution in [0.4, 0.5) is 30.2 Å². The van der Waals surface area contributed by atoms with Crippen molar-refractivity contribution in [2.75, 3.05) is 10.6 Å². The number of benzene rings is 2. The molecule has 2 rings (SSSR count). The lowest BCUT2D eigenvalue weighted by atomic mass is 10.1. The Balaban J connectivity index is 2.25. The van der Waals surface area contributed by atoms with Crippen LogP contribution in [0.25, 0.3) is 0 Å². The number of non-ortho nitro benzene ring substituents is 1. The molecule has 132 valence electrons. The molecule has 2 aromatic rings. The highest BCUT2D eigenvalue weighted by molar-refractivity contribution is 7.80. The van der Waals surface area contributed by atoms with E-state index in [-0.39, 0.29) is 10.8 Å². The highest BCUT2D eigenvalue weighted by atomic mass is 32.1. The number of nitro benzene ring substituents is 1. The van der Waals surface area contributed by atoms with Crippen molar-refractivity contribution >= 4 is 34.4 Å². The zero-order valence-corrected chi connectivity index (χ0v) is 14.1. The number of hydrogen-bond donors (Lipinski definition) is 2. The lowest BCUT2D eigenvalue weighted by Crippen LogP contribution is -2.21. The monoisotopic (exact) mass is 369 g/mol. The fourth-order valence-electron chi connectivity index (χ4n) is 2.09. The first-order valence-electron chi connectivity index (χ1n) is 7.09. The smallest absolute Gasteiger partial charge is 0.332 e. The molecule has 0 heterocycles. The highest BCUT2D eigenvalue weighted by Gasteiger charge is 2.35. The van der Waals surface area contributed by atoms with Crippen LogP contribution in [0, 0.1) is 24.0 Å². The average molecular weight is 369 g/mol. The second kappa shape index (κ2) is 7.06. The third-order valence-electron chi connectivity index (χ3n) is 3.53. The van der Waals surface area contributed by atoms with Crippen molar-refractivity contribution in [3.63, 3.8) is 0 Å². The molecule has 0 bridgehead atoms. The largest absolute Gasteiger partial charge is 0.418 e. The number of aryl methyl sites for hydroxylation is 2. The average Bonchev–Trinajstić information content (AvgIpc) is 2.50. The predicted molar refractivity (Wildman–Crippen MR) is 93.9 cm³/mol. The molecule has 0 unspecified atom stereocenters. The summed E-state index contributed by atoms with van der Waals surface area (Å²) < 4.78 is 39.4. The SMILES string of the molecule is Cc1ccc(NC(=S)Nc2ccc([N+](=O)[O-])cc2C(F)(F)F)cc1C. The third kappa shape index (κ3) is 4.66. The van der Waals surface area contributed by atoms with Crippen LogP contribution in [-0.4, -0.2) is 10.0 Å². The van der Waals surface area contributed by atoms with Crippen LogP contribution >= 0.6 is 12.2 Å². The van der Waals surface area contributed by atoms with Crippen LogP contribution in [0.15, 0.2) is 36.4 Å². The molecule has 0 amide bonds. The van der Waals surface area contributed by atoms with E-state index < -0.39 is 22.4 Å². The Labute approximate surface area is 147 Å². The number of rotatable bonds is 3. The Bertz CT molecular complexity index is 838. The molecule has 0 spiro atoms. The molecule has 0 radical (unpaired) electrons. The standard InChI is InChI=1S/C16H14F3N3O2S/c1-9-3-4-11(7-10(9)2)20-15(25)21-14-6-5-12(22(23)24)8-13(14)16(17,18)19/h3-8H,1-2H3,(H2,20,21,25). The normalized spacial score (nSPS) is 11.1. The first-order chi connectivity index (χ1) is 11.6. The molecule has 5 nitrogen and oxygen atoms in total. The molecular weight excluding hydrogens is 355 g/mol. The van der Waals surface area contributed by atoms with Crippen molar-refractivity contribution in [2.45, 2.75) is 20.0 Å². The van der Waals surface area contributed by atoms with Gasteiger partial charge >= 0.3 is 6.18 Å². The molecule has 2 aromatic carbocycles. The summed E-state index contributed by atoms with van der Waals surface area (Å²) in [7, 11) is 0. The Morgan fingerprint density at radius 2 is 1.76 bits per heavy atom. The number of thiocarbonyl (C=S) groups is 1. The fraction of sp³-hybridized carbons (Fsp3) is 0.188. The third-order valence-corrected chi connectivity index (χ3v) is 3.74. The van der Waals surface area contributed by atoms with E-state index in [9.17, 15) is 23.3 Å². The van der Waals surface area contributed by atoms with Crippen molar-refractivity contribution in [2.24, 2.45) is 0 Å². The van der Waals surface area contributed by atoms with Crippen LogP contribution < -0.4 is 10.6 Å². The van der Waals surface area contributed by atoms with E-state index in [2.05, 4.69) is 10.6 Å². The van der Waals surface area contributed by atoms with Gasteiger partial charge < -0.3 is 10.6 Å². The van der Waals surface area contributed by atoms with Crippen molar-refractivity contribution < 1.29 is 18.1 Å². The van der Waals surface area contributed by atoms with Gasteiger partial charge in [-0.1, -0.05) is 6.07 Å². The number of alkyl halides is 3. The van der Waals surface area contributed by atoms with Gasteiger partial charge in [-0.25, -0.2) is 0 Å². The molecule has 0 saturated heterocycles. The Morgan fingerprint density at radius 1 is 1.08 bits per heavy atom. The molecule has 2 N–H and O–H groups in total. The number of nitrogens with one attached hydrogen (secondary N) is 2. The minimum atomic E-state index is -4.76. The summed E-state index contributed by atoms with van der Waals surface area (Å²) in [5.74, 6) is 0. The summed E-state index contributed by atoms with van der Waals surface area (Å²) in [5.41, 5.74) is 0.519. The van der Waals surface area contributed by atoms with Crippen molar-refractivity contribution in [3.8, 4) is 0 Å². The minimum absolute atomic E-state index is 0.0531. The van der Waals surface area contributed by atoms with Gasteiger partial charge in [0.1, 0.15) is 0 Å². The maximum Gasteiger partial charge on any atom is 0.418 e. The van der Waals surface area contributed by atoms with Crippen LogP contribution in [-0.2, 0) is 6.18 Å². The summed E-state index contributed by atoms with van der Waals surface area (Å²) in [4.78, 5) is 9.81. The summed E-state index contributed by atoms with van der Waals surface area (Å²) in [6.45, 7) is 3.83. The summed E-state index contributed by atoms with van der Waals surface area (Å²) in [5, 5.41) is 15.9. The molecule has 0 aliphatic carbocycles. The second-order valence-corrected chi connectivity index (χ2v) is 5.77. The van der Waals surface area contributed by atoms with Gasteiger partial charge in [0.2, 0.25) is 0 Å². The van der Waals surface area contributed by atoms with E-state index in [1.165, 1.54) is 0 Å². The van der Waals surface area contributed by atoms with Crippen LogP contribution in [0.3, 0.4) is 0 Å². The van der Waals surface area contributed by atoms with Gasteiger partial charge in [-0.05, 0) is 55.4 Å². The first-order valence-corrected chi connectivity index (χ1v) is 7.49. The molecule has 0 aliphatic rings. The maximum atomic E-state index is 13.1. The van der Waals surface area contributed by atoms with Crippen LogP contribution in [0.1, 0.15) is 16.7 Å². The van der Waals surface area contributed by atoms with E-state index >= 15 is 0 Å². The number of hydrogen-bond acceptors (Lipinski definition) is 3. The molecule has 0 fully saturated rings. The first kappa shape index (κ1) is 18.7. The molecule has 0 atom stereocenters. The van der Waals surface area contributed by atoms with Gasteiger partial charge in [-0.2, -0.15) is 13.2 Å². The van der Waals surface area contributed by atoms with E-state index in [0.29, 0.717) is 11.8 Å². The Morgan fingerprint density at radius 3 is 2.32 bits per heavy atom. The summed E-state index contributed by atoms with van der Waals surface area (Å²) >= 11 is 5.04. The van der Waals surface area contributed by atoms with Crippen molar-refractivity contribution in [3.05, 3.63) is 63.2 Å². The van der Waals surface area contributed by atoms with Gasteiger partial charge in [-0.15, -0.1) is 0 Å². The molecular formula is C16H14F3N3O2S. The fourth-order valence-corrected chi connectivity index (χ4v) is 2.32. The number of nitrogens with zero attached hydrogens (tertiary/aromatic N) is 1. The number of halogens is 3. The van der Waals surface area contributed by atoms with Crippen LogP contribution in [0.5, 0.6) is 0 Å². The summed E-state index contributed by atoms with van der Waals surface area (Å²) in [6, 6.07) is 7.85. The minimum Gasteiger partial charge on any atom is -0.332 e. The lowest BCUT2D eigenvalue weighted by Gasteiger charge is -2.16. The zero-order valence-electron chi connectivity index (χ0n) is 13.3. The van der Waals surface area contributed by atoms with Gasteiger partial charge in [0.15, 0.2) is 5.11 Å². The van der Waals surface area contributed by atoms with E-state index in [1.54, 1.807) is 6.07 Å². The van der Waals surface area contributed by atoms with Gasteiger partial charge in [-0.3, -0.25) is 10.1 Å². The molecule has 25 heavy (non-hydrogen) atoms. The Kier molecular flexibility index (Phi) is 5.27. The quantitative estimate of drug-likeness (QED) is 0.451. The Hall–Kier alpha value is -2.68. The van der Waals surface area contributed by atoms with E-state index in [1.807, 2.05) is 26.0 Å². The molecule has 0 saturated carbocycles. The number of anilines is 2. The number of nitro groups is 1. The van der Waals surface area contributed by atoms with Crippen molar-refractivity contribution in [1.82, 2.24) is 0 Å². The summed E-state index contributed by atoms with van der Waals surface area (Å²) in [6.07, 6.45) is -4.76. The van der Waals surface area contributed by atoms with Gasteiger partial charge in [0, 0.05) is 17.8 Å². The van der Waals surface area contributed by atoms with E-state index in [0.717, 1.165) is 23.3 Å². The highest BCUT2D eigenvalue weighted by Crippen LogP contribution is 2.37. The topological polar surface area (TPSA) is 67.2 Å². The zero-order chi connectivity index (χ0) is 18.8. The molecule has 0 aromatic heterocycles. The lowest BCUT2D eigenvalue weighted by molar-refractivity contribution is -0.385. The molecule has 0 aliphatic heterocycles. The second-order valence-electron chi connectivity index (χ2n) is 5.36. The van der Waals surface area contributed by atoms with E-state index in [4.69, 9.17) is 12.2 Å². The van der Waals surface area contributed by atoms with Crippen LogP contribution in [0.2, 0.25) is 0 Å². The van der Waals surface area contributed by atoms with Crippen molar-refractivity contribution in [1.29, 1.82) is 0 Å².